The van der Waals surface area contributed by atoms with Crippen LogP contribution < -0.4 is 20.5 Å². The van der Waals surface area contributed by atoms with Crippen LogP contribution in [0.25, 0.3) is 21.5 Å². The summed E-state index contributed by atoms with van der Waals surface area (Å²) < 4.78 is 68.3. The second kappa shape index (κ2) is 11.7. The fraction of sp³-hybridized carbons (Fsp3) is 0.259. The number of methoxy groups -OCH3 is 1. The molecule has 0 unspecified atom stereocenters. The summed E-state index contributed by atoms with van der Waals surface area (Å²) in [6, 6.07) is 10.3. The minimum atomic E-state index is -5.34. The van der Waals surface area contributed by atoms with Crippen molar-refractivity contribution >= 4 is 33.4 Å². The van der Waals surface area contributed by atoms with Crippen LogP contribution in [0, 0.1) is 5.82 Å². The zero-order chi connectivity index (χ0) is 29.9. The Morgan fingerprint density at radius 3 is 2.41 bits per heavy atom. The zero-order valence-electron chi connectivity index (χ0n) is 21.7. The van der Waals surface area contributed by atoms with Crippen molar-refractivity contribution in [2.24, 2.45) is 5.73 Å². The minimum absolute atomic E-state index is 0.0502. The number of hydrogen-bond donors (Lipinski definition) is 3. The molecular formula is C27H24F4N4O5S. The summed E-state index contributed by atoms with van der Waals surface area (Å²) in [5.41, 5.74) is 1.00. The first-order valence-corrected chi connectivity index (χ1v) is 12.9. The predicted molar refractivity (Wildman–Crippen MR) is 142 cm³/mol. The maximum atomic E-state index is 14.5. The highest BCUT2D eigenvalue weighted by Crippen LogP contribution is 2.42. The molecule has 0 aliphatic heterocycles. The van der Waals surface area contributed by atoms with E-state index in [0.29, 0.717) is 16.0 Å². The van der Waals surface area contributed by atoms with Crippen molar-refractivity contribution in [1.82, 2.24) is 15.3 Å². The van der Waals surface area contributed by atoms with Crippen molar-refractivity contribution in [2.75, 3.05) is 20.3 Å². The Morgan fingerprint density at radius 1 is 1.10 bits per heavy atom. The van der Waals surface area contributed by atoms with Crippen LogP contribution in [0.3, 0.4) is 0 Å². The molecule has 4 rings (SSSR count). The molecule has 0 saturated carbocycles. The van der Waals surface area contributed by atoms with Crippen LogP contribution in [-0.4, -0.2) is 53.3 Å². The van der Waals surface area contributed by atoms with Gasteiger partial charge in [0.1, 0.15) is 23.0 Å². The Labute approximate surface area is 234 Å². The molecule has 2 aromatic carbocycles. The van der Waals surface area contributed by atoms with Gasteiger partial charge >= 0.3 is 6.18 Å². The molecule has 0 saturated heterocycles. The molecule has 4 aromatic rings. The number of aliphatic hydroxyl groups is 1. The number of ether oxygens (including phenoxy) is 2. The molecular weight excluding hydrogens is 568 g/mol. The van der Waals surface area contributed by atoms with E-state index in [1.54, 1.807) is 25.1 Å². The molecule has 0 aliphatic carbocycles. The highest BCUT2D eigenvalue weighted by atomic mass is 32.1. The summed E-state index contributed by atoms with van der Waals surface area (Å²) in [6.45, 7) is 0.319. The van der Waals surface area contributed by atoms with E-state index in [0.717, 1.165) is 29.5 Å². The first kappa shape index (κ1) is 29.7. The van der Waals surface area contributed by atoms with Crippen LogP contribution in [0.2, 0.25) is 0 Å². The maximum absolute atomic E-state index is 14.5. The number of benzene rings is 2. The Bertz CT molecular complexity index is 1590. The molecule has 0 aliphatic rings. The van der Waals surface area contributed by atoms with Gasteiger partial charge in [0.2, 0.25) is 11.5 Å². The van der Waals surface area contributed by atoms with Gasteiger partial charge in [-0.15, -0.1) is 11.3 Å². The number of nitrogens with one attached hydrogen (secondary N) is 1. The third kappa shape index (κ3) is 6.23. The molecule has 0 spiro atoms. The van der Waals surface area contributed by atoms with E-state index in [4.69, 9.17) is 15.2 Å². The van der Waals surface area contributed by atoms with Crippen molar-refractivity contribution in [3.05, 3.63) is 70.6 Å². The summed E-state index contributed by atoms with van der Waals surface area (Å²) in [4.78, 5) is 32.8. The number of amides is 2. The lowest BCUT2D eigenvalue weighted by atomic mass is 9.94. The van der Waals surface area contributed by atoms with Gasteiger partial charge < -0.3 is 25.6 Å². The summed E-state index contributed by atoms with van der Waals surface area (Å²) in [5, 5.41) is 13.0. The van der Waals surface area contributed by atoms with Gasteiger partial charge in [-0.1, -0.05) is 0 Å². The van der Waals surface area contributed by atoms with Crippen LogP contribution in [0.5, 0.6) is 11.5 Å². The summed E-state index contributed by atoms with van der Waals surface area (Å²) in [7, 11) is 1.46. The largest absolute Gasteiger partial charge is 0.497 e. The number of thiazole rings is 1. The Hall–Kier alpha value is -4.30. The molecule has 0 radical (unpaired) electrons. The molecule has 2 heterocycles. The number of carbonyl (C=O) groups is 2. The number of aromatic nitrogens is 2. The number of alkyl halides is 3. The van der Waals surface area contributed by atoms with Gasteiger partial charge in [-0.2, -0.15) is 13.2 Å². The van der Waals surface area contributed by atoms with Gasteiger partial charge in [-0.05, 0) is 55.5 Å². The number of hydrogen-bond acceptors (Lipinski definition) is 8. The van der Waals surface area contributed by atoms with Gasteiger partial charge in [0.15, 0.2) is 5.01 Å². The van der Waals surface area contributed by atoms with Crippen LogP contribution in [0.1, 0.15) is 28.0 Å². The SMILES string of the molecule is CCOc1c(CC(N)=O)cc([C@@](O)(CNC(=O)c2nc3ccc(OC)cc3s2)C(F)(F)F)nc1-c1ccc(F)cc1. The van der Waals surface area contributed by atoms with Gasteiger partial charge in [0, 0.05) is 11.1 Å². The Kier molecular flexibility index (Phi) is 8.44. The van der Waals surface area contributed by atoms with E-state index in [1.807, 2.05) is 0 Å². The lowest BCUT2D eigenvalue weighted by Crippen LogP contribution is -2.51. The number of nitrogens with zero attached hydrogens (tertiary/aromatic N) is 2. The van der Waals surface area contributed by atoms with E-state index in [-0.39, 0.29) is 34.2 Å². The monoisotopic (exact) mass is 592 g/mol. The van der Waals surface area contributed by atoms with Crippen LogP contribution in [-0.2, 0) is 16.8 Å². The molecule has 216 valence electrons. The van der Waals surface area contributed by atoms with Crippen LogP contribution in [0.4, 0.5) is 17.6 Å². The smallest absolute Gasteiger partial charge is 0.424 e. The Balaban J connectivity index is 1.77. The highest BCUT2D eigenvalue weighted by Gasteiger charge is 2.57. The number of pyridine rings is 1. The average molecular weight is 593 g/mol. The predicted octanol–water partition coefficient (Wildman–Crippen LogP) is 4.11. The van der Waals surface area contributed by atoms with E-state index in [2.05, 4.69) is 15.3 Å². The van der Waals surface area contributed by atoms with Crippen molar-refractivity contribution in [1.29, 1.82) is 0 Å². The van der Waals surface area contributed by atoms with Crippen molar-refractivity contribution in [2.45, 2.75) is 25.1 Å². The molecule has 4 N–H and O–H groups in total. The third-order valence-electron chi connectivity index (χ3n) is 6.01. The fourth-order valence-electron chi connectivity index (χ4n) is 3.97. The van der Waals surface area contributed by atoms with Gasteiger partial charge in [-0.3, -0.25) is 9.59 Å². The molecule has 0 fully saturated rings. The van der Waals surface area contributed by atoms with Crippen LogP contribution >= 0.6 is 11.3 Å². The molecule has 41 heavy (non-hydrogen) atoms. The van der Waals surface area contributed by atoms with Crippen molar-refractivity contribution in [3.8, 4) is 22.8 Å². The molecule has 9 nitrogen and oxygen atoms in total. The van der Waals surface area contributed by atoms with Crippen molar-refractivity contribution < 1.29 is 41.7 Å². The number of halogens is 4. The number of primary amides is 1. The molecule has 1 atom stereocenters. The zero-order valence-corrected chi connectivity index (χ0v) is 22.5. The van der Waals surface area contributed by atoms with E-state index in [1.165, 1.54) is 19.2 Å². The first-order valence-electron chi connectivity index (χ1n) is 12.1. The summed E-state index contributed by atoms with van der Waals surface area (Å²) in [5.74, 6) is -2.01. The normalized spacial score (nSPS) is 13.0. The lowest BCUT2D eigenvalue weighted by Gasteiger charge is -2.31. The Morgan fingerprint density at radius 2 is 1.80 bits per heavy atom. The first-order chi connectivity index (χ1) is 19.4. The van der Waals surface area contributed by atoms with Gasteiger partial charge in [0.25, 0.3) is 5.91 Å². The number of nitrogens with two attached hydrogens (primary N) is 1. The van der Waals surface area contributed by atoms with E-state index >= 15 is 0 Å². The van der Waals surface area contributed by atoms with E-state index < -0.39 is 48.1 Å². The highest BCUT2D eigenvalue weighted by molar-refractivity contribution is 7.20. The third-order valence-corrected chi connectivity index (χ3v) is 7.03. The minimum Gasteiger partial charge on any atom is -0.497 e. The number of carbonyl (C=O) groups excluding carboxylic acids is 2. The van der Waals surface area contributed by atoms with Crippen molar-refractivity contribution in [3.63, 3.8) is 0 Å². The lowest BCUT2D eigenvalue weighted by molar-refractivity contribution is -0.265. The van der Waals surface area contributed by atoms with E-state index in [9.17, 15) is 32.3 Å². The number of fused-ring (bicyclic) bond motifs is 1. The molecule has 2 aromatic heterocycles. The quantitative estimate of drug-likeness (QED) is 0.236. The average Bonchev–Trinajstić information content (AvgIpc) is 3.35. The molecule has 14 heteroatoms. The number of rotatable bonds is 10. The standard InChI is InChI=1S/C27H24F4N4O5S/c1-3-40-23-15(11-21(32)36)10-20(35-22(23)14-4-6-16(28)7-5-14)26(38,27(29,30)31)13-33-24(37)25-34-18-9-8-17(39-2)12-19(18)41-25/h4-10,12,38H,3,11,13H2,1-2H3,(H2,32,36)(H,33,37)/t26-/m0/s1. The summed E-state index contributed by atoms with van der Waals surface area (Å²) >= 11 is 0.926. The second-order valence-electron chi connectivity index (χ2n) is 8.82. The maximum Gasteiger partial charge on any atom is 0.424 e. The van der Waals surface area contributed by atoms with Crippen LogP contribution in [0.15, 0.2) is 48.5 Å². The molecule has 2 amide bonds. The second-order valence-corrected chi connectivity index (χ2v) is 9.85. The molecule has 0 bridgehead atoms. The van der Waals surface area contributed by atoms with Gasteiger partial charge in [0.05, 0.1) is 42.6 Å². The topological polar surface area (TPSA) is 137 Å². The van der Waals surface area contributed by atoms with Gasteiger partial charge in [-0.25, -0.2) is 14.4 Å². The summed E-state index contributed by atoms with van der Waals surface area (Å²) in [6.07, 6.45) is -5.89. The fourth-order valence-corrected chi connectivity index (χ4v) is 4.89.